The average Bonchev–Trinajstić information content (AvgIpc) is 2.64. The van der Waals surface area contributed by atoms with Gasteiger partial charge in [0.25, 0.3) is 5.91 Å². The van der Waals surface area contributed by atoms with E-state index in [1.807, 2.05) is 37.3 Å². The minimum atomic E-state index is -0.233. The summed E-state index contributed by atoms with van der Waals surface area (Å²) in [5.74, 6) is -0.486. The monoisotopic (exact) mass is 352 g/mol. The lowest BCUT2D eigenvalue weighted by Crippen LogP contribution is -2.38. The number of primary amides is 1. The van der Waals surface area contributed by atoms with Crippen molar-refractivity contribution >= 4 is 28.9 Å². The number of carbonyl (C=O) groups is 2. The van der Waals surface area contributed by atoms with E-state index in [-0.39, 0.29) is 17.7 Å². The first-order valence-corrected chi connectivity index (χ1v) is 8.76. The zero-order valence-corrected chi connectivity index (χ0v) is 14.9. The standard InChI is InChI=1S/C20H24N4O2/c1-13-6-7-15(21)12-16(13)20(26)23-17-4-2-3-5-18(17)24-10-8-14(9-11-24)19(22)25/h2-7,12,14H,8-11,21H2,1H3,(H2,22,25)(H,23,26). The minimum absolute atomic E-state index is 0.0667. The molecule has 2 aromatic carbocycles. The molecule has 3 rings (SSSR count). The maximum absolute atomic E-state index is 12.7. The summed E-state index contributed by atoms with van der Waals surface area (Å²) in [7, 11) is 0. The first-order chi connectivity index (χ1) is 12.5. The van der Waals surface area contributed by atoms with E-state index in [0.717, 1.165) is 42.9 Å². The molecule has 0 saturated carbocycles. The molecule has 1 heterocycles. The largest absolute Gasteiger partial charge is 0.399 e. The lowest BCUT2D eigenvalue weighted by molar-refractivity contribution is -0.122. The van der Waals surface area contributed by atoms with Crippen molar-refractivity contribution in [2.75, 3.05) is 29.0 Å². The molecule has 0 radical (unpaired) electrons. The highest BCUT2D eigenvalue weighted by molar-refractivity contribution is 6.07. The first kappa shape index (κ1) is 17.8. The first-order valence-electron chi connectivity index (χ1n) is 8.76. The Hall–Kier alpha value is -3.02. The average molecular weight is 352 g/mol. The molecule has 0 spiro atoms. The third-order valence-electron chi connectivity index (χ3n) is 4.90. The summed E-state index contributed by atoms with van der Waals surface area (Å²) in [4.78, 5) is 26.3. The van der Waals surface area contributed by atoms with Crippen LogP contribution in [0.3, 0.4) is 0 Å². The fraction of sp³-hybridized carbons (Fsp3) is 0.300. The molecule has 0 bridgehead atoms. The maximum Gasteiger partial charge on any atom is 0.256 e. The zero-order valence-electron chi connectivity index (χ0n) is 14.9. The molecule has 26 heavy (non-hydrogen) atoms. The summed E-state index contributed by atoms with van der Waals surface area (Å²) in [6.07, 6.45) is 1.46. The number of nitrogens with two attached hydrogens (primary N) is 2. The molecule has 1 aliphatic rings. The van der Waals surface area contributed by atoms with Crippen molar-refractivity contribution < 1.29 is 9.59 Å². The van der Waals surface area contributed by atoms with E-state index in [0.29, 0.717) is 11.3 Å². The van der Waals surface area contributed by atoms with Gasteiger partial charge in [-0.2, -0.15) is 0 Å². The molecule has 6 heteroatoms. The van der Waals surface area contributed by atoms with E-state index in [1.54, 1.807) is 12.1 Å². The number of carbonyl (C=O) groups excluding carboxylic acids is 2. The van der Waals surface area contributed by atoms with Gasteiger partial charge in [-0.15, -0.1) is 0 Å². The minimum Gasteiger partial charge on any atom is -0.399 e. The van der Waals surface area contributed by atoms with Crippen LogP contribution in [0.2, 0.25) is 0 Å². The van der Waals surface area contributed by atoms with Crippen LogP contribution < -0.4 is 21.7 Å². The number of hydrogen-bond acceptors (Lipinski definition) is 4. The summed E-state index contributed by atoms with van der Waals surface area (Å²) in [5.41, 5.74) is 14.9. The van der Waals surface area contributed by atoms with Crippen molar-refractivity contribution in [3.63, 3.8) is 0 Å². The number of nitrogens with one attached hydrogen (secondary N) is 1. The van der Waals surface area contributed by atoms with Gasteiger partial charge in [0.2, 0.25) is 5.91 Å². The van der Waals surface area contributed by atoms with Crippen LogP contribution in [-0.4, -0.2) is 24.9 Å². The van der Waals surface area contributed by atoms with E-state index in [1.165, 1.54) is 0 Å². The number of amides is 2. The molecule has 136 valence electrons. The quantitative estimate of drug-likeness (QED) is 0.736. The van der Waals surface area contributed by atoms with Crippen molar-refractivity contribution in [3.8, 4) is 0 Å². The molecule has 2 amide bonds. The SMILES string of the molecule is Cc1ccc(N)cc1C(=O)Nc1ccccc1N1CCC(C(N)=O)CC1. The van der Waals surface area contributed by atoms with Gasteiger partial charge in [-0.05, 0) is 49.6 Å². The van der Waals surface area contributed by atoms with Gasteiger partial charge >= 0.3 is 0 Å². The molecule has 2 aromatic rings. The van der Waals surface area contributed by atoms with E-state index in [2.05, 4.69) is 10.2 Å². The van der Waals surface area contributed by atoms with Gasteiger partial charge < -0.3 is 21.7 Å². The molecule has 6 nitrogen and oxygen atoms in total. The Kier molecular flexibility index (Phi) is 5.11. The molecule has 5 N–H and O–H groups in total. The van der Waals surface area contributed by atoms with Crippen LogP contribution in [0.25, 0.3) is 0 Å². The number of nitrogens with zero attached hydrogens (tertiary/aromatic N) is 1. The van der Waals surface area contributed by atoms with Crippen molar-refractivity contribution in [2.24, 2.45) is 11.7 Å². The lowest BCUT2D eigenvalue weighted by Gasteiger charge is -2.33. The molecule has 0 atom stereocenters. The van der Waals surface area contributed by atoms with Crippen molar-refractivity contribution in [2.45, 2.75) is 19.8 Å². The van der Waals surface area contributed by atoms with Gasteiger partial charge in [0.1, 0.15) is 0 Å². The predicted octanol–water partition coefficient (Wildman–Crippen LogP) is 2.53. The number of hydrogen-bond donors (Lipinski definition) is 3. The Bertz CT molecular complexity index is 826. The van der Waals surface area contributed by atoms with Crippen LogP contribution in [0.15, 0.2) is 42.5 Å². The Morgan fingerprint density at radius 2 is 1.81 bits per heavy atom. The maximum atomic E-state index is 12.7. The molecule has 1 saturated heterocycles. The summed E-state index contributed by atoms with van der Waals surface area (Å²) < 4.78 is 0. The third kappa shape index (κ3) is 3.79. The highest BCUT2D eigenvalue weighted by Crippen LogP contribution is 2.30. The molecule has 1 fully saturated rings. The fourth-order valence-electron chi connectivity index (χ4n) is 3.33. The number of benzene rings is 2. The highest BCUT2D eigenvalue weighted by atomic mass is 16.2. The number of aryl methyl sites for hydroxylation is 1. The Morgan fingerprint density at radius 3 is 2.50 bits per heavy atom. The van der Waals surface area contributed by atoms with Crippen molar-refractivity contribution in [1.29, 1.82) is 0 Å². The van der Waals surface area contributed by atoms with Crippen LogP contribution in [0.4, 0.5) is 17.1 Å². The number of nitrogen functional groups attached to an aromatic ring is 1. The second-order valence-electron chi connectivity index (χ2n) is 6.71. The van der Waals surface area contributed by atoms with Gasteiger partial charge in [-0.25, -0.2) is 0 Å². The summed E-state index contributed by atoms with van der Waals surface area (Å²) in [5, 5.41) is 3.00. The van der Waals surface area contributed by atoms with Crippen molar-refractivity contribution in [1.82, 2.24) is 0 Å². The lowest BCUT2D eigenvalue weighted by atomic mass is 9.96. The molecular weight excluding hydrogens is 328 g/mol. The highest BCUT2D eigenvalue weighted by Gasteiger charge is 2.24. The van der Waals surface area contributed by atoms with Gasteiger partial charge in [0, 0.05) is 30.3 Å². The summed E-state index contributed by atoms with van der Waals surface area (Å²) in [6.45, 7) is 3.35. The normalized spacial score (nSPS) is 14.9. The van der Waals surface area contributed by atoms with Crippen LogP contribution >= 0.6 is 0 Å². The Balaban J connectivity index is 1.79. The molecule has 0 aliphatic carbocycles. The smallest absolute Gasteiger partial charge is 0.256 e. The van der Waals surface area contributed by atoms with E-state index in [9.17, 15) is 9.59 Å². The Morgan fingerprint density at radius 1 is 1.12 bits per heavy atom. The second-order valence-corrected chi connectivity index (χ2v) is 6.71. The topological polar surface area (TPSA) is 101 Å². The van der Waals surface area contributed by atoms with Gasteiger partial charge in [-0.3, -0.25) is 9.59 Å². The summed E-state index contributed by atoms with van der Waals surface area (Å²) >= 11 is 0. The Labute approximate surface area is 153 Å². The zero-order chi connectivity index (χ0) is 18.7. The van der Waals surface area contributed by atoms with Gasteiger partial charge in [-0.1, -0.05) is 18.2 Å². The predicted molar refractivity (Wildman–Crippen MR) is 104 cm³/mol. The number of anilines is 3. The van der Waals surface area contributed by atoms with Crippen LogP contribution in [0.1, 0.15) is 28.8 Å². The molecule has 0 unspecified atom stereocenters. The number of rotatable bonds is 4. The molecule has 1 aliphatic heterocycles. The molecular formula is C20H24N4O2. The third-order valence-corrected chi connectivity index (χ3v) is 4.90. The van der Waals surface area contributed by atoms with E-state index in [4.69, 9.17) is 11.5 Å². The number of para-hydroxylation sites is 2. The summed E-state index contributed by atoms with van der Waals surface area (Å²) in [6, 6.07) is 13.0. The van der Waals surface area contributed by atoms with E-state index < -0.39 is 0 Å². The number of piperidine rings is 1. The van der Waals surface area contributed by atoms with Crippen LogP contribution in [0.5, 0.6) is 0 Å². The van der Waals surface area contributed by atoms with Gasteiger partial charge in [0.15, 0.2) is 0 Å². The van der Waals surface area contributed by atoms with E-state index >= 15 is 0 Å². The van der Waals surface area contributed by atoms with Crippen LogP contribution in [0, 0.1) is 12.8 Å². The van der Waals surface area contributed by atoms with Gasteiger partial charge in [0.05, 0.1) is 11.4 Å². The van der Waals surface area contributed by atoms with Crippen molar-refractivity contribution in [3.05, 3.63) is 53.6 Å². The molecule has 0 aromatic heterocycles. The van der Waals surface area contributed by atoms with Crippen LogP contribution in [-0.2, 0) is 4.79 Å². The fourth-order valence-corrected chi connectivity index (χ4v) is 3.33. The second kappa shape index (κ2) is 7.47.